The number of ketones is 1. The number of hydrogen-bond donors (Lipinski definition) is 5. The lowest BCUT2D eigenvalue weighted by atomic mass is 9.79. The highest BCUT2D eigenvalue weighted by Crippen LogP contribution is 2.39. The van der Waals surface area contributed by atoms with Crippen molar-refractivity contribution in [3.8, 4) is 23.7 Å². The van der Waals surface area contributed by atoms with E-state index in [9.17, 15) is 28.8 Å². The van der Waals surface area contributed by atoms with Crippen molar-refractivity contribution in [1.82, 2.24) is 26.6 Å². The predicted octanol–water partition coefficient (Wildman–Crippen LogP) is 5.99. The van der Waals surface area contributed by atoms with Crippen molar-refractivity contribution in [2.24, 2.45) is 0 Å². The van der Waals surface area contributed by atoms with Crippen molar-refractivity contribution < 1.29 is 28.8 Å². The molecule has 0 saturated heterocycles. The first-order chi connectivity index (χ1) is 34.0. The topological polar surface area (TPSA) is 169 Å². The first-order valence-electron chi connectivity index (χ1n) is 24.7. The van der Waals surface area contributed by atoms with E-state index in [0.29, 0.717) is 30.6 Å². The summed E-state index contributed by atoms with van der Waals surface area (Å²) in [5.41, 5.74) is 7.69. The molecular formula is C57H65Cl2N7O6. The fourth-order valence-corrected chi connectivity index (χ4v) is 10.4. The van der Waals surface area contributed by atoms with Crippen LogP contribution < -0.4 is 36.4 Å². The van der Waals surface area contributed by atoms with Crippen LogP contribution >= 0.6 is 24.8 Å². The summed E-state index contributed by atoms with van der Waals surface area (Å²) in [5, 5.41) is 14.8. The van der Waals surface area contributed by atoms with Gasteiger partial charge in [0.25, 0.3) is 11.8 Å². The van der Waals surface area contributed by atoms with Gasteiger partial charge >= 0.3 is 0 Å². The van der Waals surface area contributed by atoms with Crippen LogP contribution in [0, 0.1) is 23.7 Å². The number of halogens is 2. The highest BCUT2D eigenvalue weighted by atomic mass is 35.5. The van der Waals surface area contributed by atoms with Gasteiger partial charge in [-0.2, -0.15) is 0 Å². The maximum Gasteiger partial charge on any atom is 0.251 e. The minimum atomic E-state index is -1.14. The molecule has 8 atom stereocenters. The van der Waals surface area contributed by atoms with Crippen LogP contribution in [-0.2, 0) is 54.5 Å². The Labute approximate surface area is 435 Å². The lowest BCUT2D eigenvalue weighted by Crippen LogP contribution is -2.56. The molecule has 4 aromatic rings. The van der Waals surface area contributed by atoms with Crippen molar-refractivity contribution in [2.45, 2.75) is 133 Å². The van der Waals surface area contributed by atoms with Crippen LogP contribution in [0.1, 0.15) is 104 Å². The fraction of sp³-hybridized carbons (Fsp3) is 0.404. The van der Waals surface area contributed by atoms with E-state index in [2.05, 4.69) is 68.5 Å². The number of nitrogens with zero attached hydrogens (tertiary/aromatic N) is 2. The highest BCUT2D eigenvalue weighted by Gasteiger charge is 2.43. The zero-order chi connectivity index (χ0) is 49.3. The Hall–Kier alpha value is -6.48. The number of carbonyl (C=O) groups is 6. The number of nitrogens with one attached hydrogen (secondary N) is 5. The molecule has 0 bridgehead atoms. The first kappa shape index (κ1) is 54.8. The third-order valence-electron chi connectivity index (χ3n) is 14.5. The summed E-state index contributed by atoms with van der Waals surface area (Å²) in [6.45, 7) is 3.37. The van der Waals surface area contributed by atoms with Gasteiger partial charge in [0.2, 0.25) is 17.7 Å². The summed E-state index contributed by atoms with van der Waals surface area (Å²) >= 11 is 0. The average molecular weight is 1020 g/mol. The predicted molar refractivity (Wildman–Crippen MR) is 285 cm³/mol. The number of aryl methyl sites for hydroxylation is 2. The zero-order valence-corrected chi connectivity index (χ0v) is 42.9. The van der Waals surface area contributed by atoms with Crippen molar-refractivity contribution in [1.29, 1.82) is 0 Å². The van der Waals surface area contributed by atoms with Gasteiger partial charge < -0.3 is 26.6 Å². The van der Waals surface area contributed by atoms with E-state index in [1.165, 1.54) is 21.6 Å². The van der Waals surface area contributed by atoms with Gasteiger partial charge in [0, 0.05) is 43.5 Å². The van der Waals surface area contributed by atoms with E-state index in [4.69, 9.17) is 0 Å². The Kier molecular flexibility index (Phi) is 19.2. The Morgan fingerprint density at radius 1 is 0.583 bits per heavy atom. The van der Waals surface area contributed by atoms with Crippen molar-refractivity contribution in [2.75, 3.05) is 23.9 Å². The van der Waals surface area contributed by atoms with E-state index < -0.39 is 59.9 Å². The number of Topliss-reactive ketones (excluding diaryl/α,β-unsaturated/α-hetero) is 1. The Bertz CT molecular complexity index is 2590. The summed E-state index contributed by atoms with van der Waals surface area (Å²) in [7, 11) is 3.30. The normalized spacial score (nSPS) is 19.7. The van der Waals surface area contributed by atoms with Crippen LogP contribution in [0.25, 0.3) is 0 Å². The van der Waals surface area contributed by atoms with E-state index in [1.807, 2.05) is 78.9 Å². The molecule has 4 aliphatic rings. The number of carbonyl (C=O) groups excluding carboxylic acids is 6. The van der Waals surface area contributed by atoms with Gasteiger partial charge in [0.05, 0.1) is 24.2 Å². The van der Waals surface area contributed by atoms with Crippen molar-refractivity contribution in [3.05, 3.63) is 130 Å². The molecule has 13 nitrogen and oxygen atoms in total. The molecule has 0 radical (unpaired) electrons. The van der Waals surface area contributed by atoms with E-state index in [-0.39, 0.29) is 61.3 Å². The molecule has 2 aliphatic heterocycles. The van der Waals surface area contributed by atoms with Gasteiger partial charge in [-0.05, 0) is 130 Å². The summed E-state index contributed by atoms with van der Waals surface area (Å²) in [6, 6.07) is 26.0. The van der Waals surface area contributed by atoms with Gasteiger partial charge in [0.1, 0.15) is 18.1 Å². The molecule has 5 amide bonds. The molecule has 0 fully saturated rings. The first-order valence-corrected chi connectivity index (χ1v) is 24.7. The Morgan fingerprint density at radius 3 is 1.57 bits per heavy atom. The largest absolute Gasteiger partial charge is 0.347 e. The maximum absolute atomic E-state index is 14.8. The number of amides is 5. The van der Waals surface area contributed by atoms with Crippen molar-refractivity contribution in [3.63, 3.8) is 0 Å². The third-order valence-corrected chi connectivity index (χ3v) is 14.5. The maximum atomic E-state index is 14.8. The number of hydrogen-bond acceptors (Lipinski definition) is 8. The SMILES string of the molecule is CN[C@@H](C)C(=O)N[C@@H](CC#CC#CC[C@H](NC(=O)[C@H](C)NC)C(=O)N1c2ccccc2C[C@H]1C(=O)N[C@@H]1CCCc2ccccc21)C(=O)N1c2ccccc2C[C@H]1C(=O)C[C@@H]1CCCc2ccccc21.Cl.Cl. The second-order valence-electron chi connectivity index (χ2n) is 18.9. The van der Waals surface area contributed by atoms with Crippen LogP contribution in [0.5, 0.6) is 0 Å². The lowest BCUT2D eigenvalue weighted by molar-refractivity contribution is -0.130. The monoisotopic (exact) mass is 1010 g/mol. The number of fused-ring (bicyclic) bond motifs is 4. The molecule has 0 unspecified atom stereocenters. The molecule has 0 spiro atoms. The molecule has 4 aromatic carbocycles. The van der Waals surface area contributed by atoms with Crippen LogP contribution in [0.15, 0.2) is 97.1 Å². The quantitative estimate of drug-likeness (QED) is 0.0906. The highest BCUT2D eigenvalue weighted by molar-refractivity contribution is 6.08. The van der Waals surface area contributed by atoms with Crippen LogP contribution in [0.4, 0.5) is 11.4 Å². The van der Waals surface area contributed by atoms with Gasteiger partial charge in [-0.15, -0.1) is 24.8 Å². The van der Waals surface area contributed by atoms with Crippen molar-refractivity contribution >= 4 is 71.5 Å². The fourth-order valence-electron chi connectivity index (χ4n) is 10.4. The smallest absolute Gasteiger partial charge is 0.251 e. The second kappa shape index (κ2) is 25.3. The summed E-state index contributed by atoms with van der Waals surface area (Å²) in [6.07, 6.45) is 6.26. The molecular weight excluding hydrogens is 950 g/mol. The Balaban J connectivity index is 0.00000423. The molecule has 378 valence electrons. The van der Waals surface area contributed by atoms with E-state index >= 15 is 0 Å². The van der Waals surface area contributed by atoms with Crippen LogP contribution in [0.3, 0.4) is 0 Å². The van der Waals surface area contributed by atoms with Crippen LogP contribution in [-0.4, -0.2) is 85.7 Å². The van der Waals surface area contributed by atoms with E-state index in [1.54, 1.807) is 32.8 Å². The number of anilines is 2. The summed E-state index contributed by atoms with van der Waals surface area (Å²) < 4.78 is 0. The van der Waals surface area contributed by atoms with E-state index in [0.717, 1.165) is 55.2 Å². The molecule has 72 heavy (non-hydrogen) atoms. The molecule has 0 aromatic heterocycles. The number of benzene rings is 4. The zero-order valence-electron chi connectivity index (χ0n) is 41.3. The molecule has 2 aliphatic carbocycles. The van der Waals surface area contributed by atoms with Gasteiger partial charge in [-0.3, -0.25) is 38.6 Å². The van der Waals surface area contributed by atoms with Gasteiger partial charge in [-0.1, -0.05) is 96.8 Å². The summed E-state index contributed by atoms with van der Waals surface area (Å²) in [4.78, 5) is 88.0. The number of rotatable bonds is 15. The van der Waals surface area contributed by atoms with Gasteiger partial charge in [-0.25, -0.2) is 0 Å². The van der Waals surface area contributed by atoms with Gasteiger partial charge in [0.15, 0.2) is 5.78 Å². The molecule has 2 heterocycles. The molecule has 5 N–H and O–H groups in total. The lowest BCUT2D eigenvalue weighted by Gasteiger charge is -2.32. The molecule has 15 heteroatoms. The van der Waals surface area contributed by atoms with Crippen LogP contribution in [0.2, 0.25) is 0 Å². The minimum absolute atomic E-state index is 0. The third kappa shape index (κ3) is 12.2. The standard InChI is InChI=1S/C57H63N7O6.2ClH/c1-36(58-3)53(66)61-46(56(69)63-48-31-15-11-21-41(48)33-50(63)52(65)35-40-25-17-23-38-19-9-13-26-43(38)40)28-7-5-6-8-29-47(62-54(67)37(2)59-4)57(70)64-49-32-16-12-22-42(49)34-51(64)55(68)60-45-30-18-24-39-20-10-14-27-44(39)45;;/h9-16,19-22,26-27,31-32,36-37,40,45-47,50-51,58-59H,17-18,23-25,28-30,33-35H2,1-4H3,(H,60,68)(H,61,66)(H,62,67);2*1H/t36-,37-,40-,45+,46-,47-,50-,51-;;/m0../s1. The minimum Gasteiger partial charge on any atom is -0.347 e. The number of likely N-dealkylation sites (N-methyl/N-ethyl adjacent to an activating group) is 2. The average Bonchev–Trinajstić information content (AvgIpc) is 3.98. The number of para-hydroxylation sites is 2. The second-order valence-corrected chi connectivity index (χ2v) is 18.9. The molecule has 0 saturated carbocycles. The Morgan fingerprint density at radius 2 is 1.03 bits per heavy atom. The summed E-state index contributed by atoms with van der Waals surface area (Å²) in [5.74, 6) is 9.54. The molecule has 8 rings (SSSR count).